The molecule has 0 aliphatic heterocycles. The van der Waals surface area contributed by atoms with Crippen LogP contribution in [0.1, 0.15) is 40.7 Å². The van der Waals surface area contributed by atoms with Crippen LogP contribution >= 0.6 is 0 Å². The molecule has 0 heterocycles. The van der Waals surface area contributed by atoms with Crippen molar-refractivity contribution >= 4 is 0 Å². The van der Waals surface area contributed by atoms with Gasteiger partial charge in [-0.2, -0.15) is 0 Å². The maximum absolute atomic E-state index is 13.6. The first-order valence-corrected chi connectivity index (χ1v) is 6.69. The Balaban J connectivity index is 1.93. The van der Waals surface area contributed by atoms with Crippen molar-refractivity contribution in [3.63, 3.8) is 0 Å². The van der Waals surface area contributed by atoms with Crippen molar-refractivity contribution in [3.8, 4) is 0 Å². The average molecular weight is 256 g/mol. The van der Waals surface area contributed by atoms with Gasteiger partial charge in [0, 0.05) is 5.92 Å². The fraction of sp³-hybridized carbons (Fsp3) is 0.294. The maximum Gasteiger partial charge on any atom is 0.126 e. The molecular weight excluding hydrogens is 239 g/mol. The van der Waals surface area contributed by atoms with Gasteiger partial charge in [0.2, 0.25) is 0 Å². The minimum atomic E-state index is -0.626. The number of hydrogen-bond acceptors (Lipinski definition) is 1. The van der Waals surface area contributed by atoms with E-state index in [-0.39, 0.29) is 11.7 Å². The molecular formula is C17H17FO. The van der Waals surface area contributed by atoms with Crippen LogP contribution in [-0.2, 0) is 6.42 Å². The van der Waals surface area contributed by atoms with Crippen LogP contribution in [0.25, 0.3) is 0 Å². The van der Waals surface area contributed by atoms with Gasteiger partial charge in [0.15, 0.2) is 0 Å². The third kappa shape index (κ3) is 2.17. The van der Waals surface area contributed by atoms with Crippen molar-refractivity contribution in [2.75, 3.05) is 0 Å². The molecule has 0 saturated heterocycles. The highest BCUT2D eigenvalue weighted by atomic mass is 19.1. The van der Waals surface area contributed by atoms with Gasteiger partial charge in [0.1, 0.15) is 5.82 Å². The smallest absolute Gasteiger partial charge is 0.126 e. The zero-order valence-electron chi connectivity index (χ0n) is 10.9. The van der Waals surface area contributed by atoms with Crippen molar-refractivity contribution in [1.82, 2.24) is 0 Å². The maximum atomic E-state index is 13.6. The Morgan fingerprint density at radius 3 is 2.79 bits per heavy atom. The van der Waals surface area contributed by atoms with Gasteiger partial charge in [-0.25, -0.2) is 4.39 Å². The average Bonchev–Trinajstić information content (AvgIpc) is 2.85. The number of fused-ring (bicyclic) bond motifs is 1. The monoisotopic (exact) mass is 256 g/mol. The lowest BCUT2D eigenvalue weighted by atomic mass is 9.90. The van der Waals surface area contributed by atoms with E-state index in [1.54, 1.807) is 13.0 Å². The van der Waals surface area contributed by atoms with Gasteiger partial charge >= 0.3 is 0 Å². The molecule has 2 unspecified atom stereocenters. The fourth-order valence-corrected chi connectivity index (χ4v) is 2.94. The molecule has 1 nitrogen and oxygen atoms in total. The van der Waals surface area contributed by atoms with Crippen LogP contribution in [0, 0.1) is 12.7 Å². The van der Waals surface area contributed by atoms with E-state index in [1.165, 1.54) is 17.2 Å². The quantitative estimate of drug-likeness (QED) is 0.864. The number of aliphatic hydroxyl groups is 1. The highest BCUT2D eigenvalue weighted by Crippen LogP contribution is 2.41. The van der Waals surface area contributed by atoms with Crippen LogP contribution in [0.3, 0.4) is 0 Å². The van der Waals surface area contributed by atoms with E-state index in [0.29, 0.717) is 11.1 Å². The van der Waals surface area contributed by atoms with Crippen LogP contribution in [0.5, 0.6) is 0 Å². The highest BCUT2D eigenvalue weighted by Gasteiger charge is 2.29. The predicted octanol–water partition coefficient (Wildman–Crippen LogP) is 3.90. The summed E-state index contributed by atoms with van der Waals surface area (Å²) >= 11 is 0. The van der Waals surface area contributed by atoms with Crippen LogP contribution < -0.4 is 0 Å². The molecule has 1 aliphatic carbocycles. The summed E-state index contributed by atoms with van der Waals surface area (Å²) < 4.78 is 13.6. The van der Waals surface area contributed by atoms with Crippen molar-refractivity contribution in [3.05, 3.63) is 70.5 Å². The molecule has 0 aromatic heterocycles. The first-order valence-electron chi connectivity index (χ1n) is 6.69. The first-order chi connectivity index (χ1) is 9.16. The van der Waals surface area contributed by atoms with Crippen molar-refractivity contribution < 1.29 is 9.50 Å². The molecule has 0 fully saturated rings. The summed E-state index contributed by atoms with van der Waals surface area (Å²) in [4.78, 5) is 0. The molecule has 98 valence electrons. The molecule has 2 aromatic carbocycles. The molecule has 3 rings (SSSR count). The van der Waals surface area contributed by atoms with E-state index >= 15 is 0 Å². The molecule has 2 aromatic rings. The summed E-state index contributed by atoms with van der Waals surface area (Å²) in [6.07, 6.45) is 1.29. The Bertz CT molecular complexity index is 606. The van der Waals surface area contributed by atoms with Crippen LogP contribution in [0.4, 0.5) is 4.39 Å². The highest BCUT2D eigenvalue weighted by molar-refractivity contribution is 5.38. The van der Waals surface area contributed by atoms with E-state index < -0.39 is 6.10 Å². The van der Waals surface area contributed by atoms with Crippen molar-refractivity contribution in [1.29, 1.82) is 0 Å². The fourth-order valence-electron chi connectivity index (χ4n) is 2.94. The molecule has 0 spiro atoms. The first kappa shape index (κ1) is 12.4. The zero-order chi connectivity index (χ0) is 13.4. The Morgan fingerprint density at radius 2 is 2.00 bits per heavy atom. The van der Waals surface area contributed by atoms with Crippen LogP contribution in [0.2, 0.25) is 0 Å². The van der Waals surface area contributed by atoms with Crippen molar-refractivity contribution in [2.24, 2.45) is 0 Å². The Morgan fingerprint density at radius 1 is 1.21 bits per heavy atom. The summed E-state index contributed by atoms with van der Waals surface area (Å²) in [6.45, 7) is 1.73. The largest absolute Gasteiger partial charge is 0.388 e. The van der Waals surface area contributed by atoms with Crippen LogP contribution in [-0.4, -0.2) is 5.11 Å². The topological polar surface area (TPSA) is 20.2 Å². The lowest BCUT2D eigenvalue weighted by Gasteiger charge is -2.20. The summed E-state index contributed by atoms with van der Waals surface area (Å²) in [5.41, 5.74) is 3.79. The lowest BCUT2D eigenvalue weighted by Crippen LogP contribution is -2.08. The molecule has 0 bridgehead atoms. The van der Waals surface area contributed by atoms with Gasteiger partial charge < -0.3 is 5.11 Å². The third-order valence-corrected chi connectivity index (χ3v) is 4.10. The van der Waals surface area contributed by atoms with E-state index in [1.807, 2.05) is 18.2 Å². The number of rotatable bonds is 2. The number of aliphatic hydroxyl groups excluding tert-OH is 1. The van der Waals surface area contributed by atoms with Crippen LogP contribution in [0.15, 0.2) is 42.5 Å². The molecule has 0 radical (unpaired) electrons. The van der Waals surface area contributed by atoms with E-state index in [9.17, 15) is 9.50 Å². The van der Waals surface area contributed by atoms with Crippen molar-refractivity contribution in [2.45, 2.75) is 31.8 Å². The summed E-state index contributed by atoms with van der Waals surface area (Å²) in [5, 5.41) is 10.5. The number of hydrogen-bond donors (Lipinski definition) is 1. The normalized spacial score (nSPS) is 19.2. The minimum Gasteiger partial charge on any atom is -0.388 e. The van der Waals surface area contributed by atoms with Gasteiger partial charge in [-0.3, -0.25) is 0 Å². The molecule has 1 aliphatic rings. The van der Waals surface area contributed by atoms with Gasteiger partial charge in [-0.1, -0.05) is 36.4 Å². The molecule has 0 amide bonds. The minimum absolute atomic E-state index is 0.0818. The zero-order valence-corrected chi connectivity index (χ0v) is 10.9. The molecule has 2 heteroatoms. The molecule has 2 atom stereocenters. The number of benzene rings is 2. The Kier molecular flexibility index (Phi) is 3.11. The summed E-state index contributed by atoms with van der Waals surface area (Å²) in [7, 11) is 0. The summed E-state index contributed by atoms with van der Waals surface area (Å²) in [6, 6.07) is 13.2. The van der Waals surface area contributed by atoms with E-state index in [4.69, 9.17) is 0 Å². The number of aryl methyl sites for hydroxylation is 2. The van der Waals surface area contributed by atoms with Gasteiger partial charge in [-0.05, 0) is 48.1 Å². The predicted molar refractivity (Wildman–Crippen MR) is 73.6 cm³/mol. The molecule has 0 saturated carbocycles. The van der Waals surface area contributed by atoms with Gasteiger partial charge in [-0.15, -0.1) is 0 Å². The van der Waals surface area contributed by atoms with Gasteiger partial charge in [0.05, 0.1) is 6.10 Å². The van der Waals surface area contributed by atoms with Gasteiger partial charge in [0.25, 0.3) is 0 Å². The number of halogens is 1. The van der Waals surface area contributed by atoms with E-state index in [2.05, 4.69) is 12.1 Å². The van der Waals surface area contributed by atoms with E-state index in [0.717, 1.165) is 12.8 Å². The second-order valence-corrected chi connectivity index (χ2v) is 5.30. The second kappa shape index (κ2) is 4.78. The lowest BCUT2D eigenvalue weighted by molar-refractivity contribution is 0.144. The SMILES string of the molecule is Cc1ccc(C(O)C2CCc3ccccc32)cc1F. The summed E-state index contributed by atoms with van der Waals surface area (Å²) in [5.74, 6) is -0.166. The second-order valence-electron chi connectivity index (χ2n) is 5.30. The molecule has 1 N–H and O–H groups in total. The molecule has 19 heavy (non-hydrogen) atoms. The third-order valence-electron chi connectivity index (χ3n) is 4.10. The standard InChI is InChI=1S/C17H17FO/c1-11-6-7-13(10-16(11)18)17(19)15-9-8-12-4-2-3-5-14(12)15/h2-7,10,15,17,19H,8-9H2,1H3. The Labute approximate surface area is 112 Å². The Hall–Kier alpha value is -1.67.